The van der Waals surface area contributed by atoms with E-state index in [1.54, 1.807) is 25.3 Å². The molecule has 0 fully saturated rings. The van der Waals surface area contributed by atoms with Crippen molar-refractivity contribution < 1.29 is 9.90 Å². The molecule has 0 saturated heterocycles. The average Bonchev–Trinajstić information content (AvgIpc) is 2.30. The van der Waals surface area contributed by atoms with Crippen LogP contribution in [0, 0.1) is 13.8 Å². The van der Waals surface area contributed by atoms with E-state index in [9.17, 15) is 9.90 Å². The van der Waals surface area contributed by atoms with Gasteiger partial charge in [0.15, 0.2) is 0 Å². The van der Waals surface area contributed by atoms with Gasteiger partial charge >= 0.3 is 5.97 Å². The highest BCUT2D eigenvalue weighted by Gasteiger charge is 2.17. The molecule has 0 atom stereocenters. The quantitative estimate of drug-likeness (QED) is 0.937. The summed E-state index contributed by atoms with van der Waals surface area (Å²) < 4.78 is 0. The van der Waals surface area contributed by atoms with Crippen LogP contribution in [0.1, 0.15) is 21.6 Å². The number of hydrogen-bond acceptors (Lipinski definition) is 4. The van der Waals surface area contributed by atoms with Gasteiger partial charge < -0.3 is 5.11 Å². The van der Waals surface area contributed by atoms with Gasteiger partial charge in [0.1, 0.15) is 5.03 Å². The van der Waals surface area contributed by atoms with Gasteiger partial charge in [0.25, 0.3) is 0 Å². The summed E-state index contributed by atoms with van der Waals surface area (Å²) in [6.45, 7) is 3.59. The molecular weight excluding hydrogens is 284 g/mol. The molecule has 19 heavy (non-hydrogen) atoms. The summed E-state index contributed by atoms with van der Waals surface area (Å²) in [5, 5.41) is 10.2. The first kappa shape index (κ1) is 13.8. The van der Waals surface area contributed by atoms with Crippen molar-refractivity contribution >= 4 is 29.3 Å². The summed E-state index contributed by atoms with van der Waals surface area (Å²) in [5.74, 6) is -0.988. The summed E-state index contributed by atoms with van der Waals surface area (Å²) in [4.78, 5) is 20.3. The lowest BCUT2D eigenvalue weighted by Crippen LogP contribution is -2.05. The summed E-state index contributed by atoms with van der Waals surface area (Å²) in [5.41, 5.74) is 1.67. The van der Waals surface area contributed by atoms with E-state index in [4.69, 9.17) is 11.6 Å². The van der Waals surface area contributed by atoms with Crippen molar-refractivity contribution in [1.29, 1.82) is 0 Å². The predicted octanol–water partition coefficient (Wildman–Crippen LogP) is 3.60. The van der Waals surface area contributed by atoms with Crippen LogP contribution in [-0.2, 0) is 0 Å². The van der Waals surface area contributed by atoms with Gasteiger partial charge in [0.05, 0.1) is 10.6 Å². The van der Waals surface area contributed by atoms with Crippen molar-refractivity contribution in [3.8, 4) is 0 Å². The molecule has 1 N–H and O–H groups in total. The number of aromatic nitrogens is 2. The minimum absolute atomic E-state index is 0.212. The summed E-state index contributed by atoms with van der Waals surface area (Å²) >= 11 is 7.26. The Balaban J connectivity index is 2.51. The van der Waals surface area contributed by atoms with Crippen molar-refractivity contribution in [3.63, 3.8) is 0 Å². The molecule has 0 aliphatic carbocycles. The predicted molar refractivity (Wildman–Crippen MR) is 74.0 cm³/mol. The third kappa shape index (κ3) is 3.05. The largest absolute Gasteiger partial charge is 0.478 e. The number of nitrogens with zero attached hydrogens (tertiary/aromatic N) is 2. The first-order valence-electron chi connectivity index (χ1n) is 5.48. The smallest absolute Gasteiger partial charge is 0.338 e. The Morgan fingerprint density at radius 2 is 2.16 bits per heavy atom. The normalized spacial score (nSPS) is 10.5. The topological polar surface area (TPSA) is 63.1 Å². The molecule has 0 aliphatic rings. The van der Waals surface area contributed by atoms with Crippen LogP contribution in [0.25, 0.3) is 0 Å². The number of hydrogen-bond donors (Lipinski definition) is 1. The van der Waals surface area contributed by atoms with Crippen molar-refractivity contribution in [1.82, 2.24) is 9.97 Å². The van der Waals surface area contributed by atoms with E-state index in [1.807, 2.05) is 6.92 Å². The van der Waals surface area contributed by atoms with Crippen molar-refractivity contribution in [2.45, 2.75) is 23.8 Å². The Morgan fingerprint density at radius 1 is 1.42 bits per heavy atom. The first-order chi connectivity index (χ1) is 8.99. The van der Waals surface area contributed by atoms with Crippen molar-refractivity contribution in [3.05, 3.63) is 46.4 Å². The van der Waals surface area contributed by atoms with E-state index in [-0.39, 0.29) is 5.56 Å². The zero-order valence-electron chi connectivity index (χ0n) is 10.3. The molecule has 98 valence electrons. The van der Waals surface area contributed by atoms with Gasteiger partial charge in [-0.05, 0) is 31.5 Å². The SMILES string of the molecule is Cc1cc(C)c(C(=O)O)c(Sc2ccncc2Cl)n1. The fourth-order valence-electron chi connectivity index (χ4n) is 1.69. The Morgan fingerprint density at radius 3 is 2.79 bits per heavy atom. The molecule has 2 rings (SSSR count). The summed E-state index contributed by atoms with van der Waals surface area (Å²) in [6, 6.07) is 3.49. The van der Waals surface area contributed by atoms with E-state index in [0.29, 0.717) is 15.6 Å². The van der Waals surface area contributed by atoms with E-state index < -0.39 is 5.97 Å². The fraction of sp³-hybridized carbons (Fsp3) is 0.154. The second-order valence-electron chi connectivity index (χ2n) is 3.97. The zero-order chi connectivity index (χ0) is 14.0. The lowest BCUT2D eigenvalue weighted by atomic mass is 10.1. The Hall–Kier alpha value is -1.59. The minimum atomic E-state index is -0.988. The van der Waals surface area contributed by atoms with E-state index in [1.165, 1.54) is 18.0 Å². The molecule has 0 unspecified atom stereocenters. The number of carboxylic acids is 1. The van der Waals surface area contributed by atoms with Crippen LogP contribution < -0.4 is 0 Å². The van der Waals surface area contributed by atoms with Gasteiger partial charge in [-0.2, -0.15) is 0 Å². The molecule has 0 bridgehead atoms. The van der Waals surface area contributed by atoms with Crippen LogP contribution in [0.4, 0.5) is 0 Å². The van der Waals surface area contributed by atoms with E-state index in [0.717, 1.165) is 10.6 Å². The number of pyridine rings is 2. The molecule has 2 aromatic heterocycles. The van der Waals surface area contributed by atoms with Crippen LogP contribution in [0.3, 0.4) is 0 Å². The van der Waals surface area contributed by atoms with Gasteiger partial charge in [0, 0.05) is 23.0 Å². The van der Waals surface area contributed by atoms with Crippen LogP contribution in [0.15, 0.2) is 34.4 Å². The van der Waals surface area contributed by atoms with Crippen molar-refractivity contribution in [2.24, 2.45) is 0 Å². The molecule has 4 nitrogen and oxygen atoms in total. The number of halogens is 1. The van der Waals surface area contributed by atoms with Crippen LogP contribution in [0.2, 0.25) is 5.02 Å². The second kappa shape index (κ2) is 5.59. The summed E-state index contributed by atoms with van der Waals surface area (Å²) in [6.07, 6.45) is 3.13. The summed E-state index contributed by atoms with van der Waals surface area (Å²) in [7, 11) is 0. The maximum absolute atomic E-state index is 11.3. The molecule has 0 aliphatic heterocycles. The number of carboxylic acid groups (broad SMARTS) is 1. The number of rotatable bonds is 3. The lowest BCUT2D eigenvalue weighted by Gasteiger charge is -2.09. The fourth-order valence-corrected chi connectivity index (χ4v) is 2.95. The van der Waals surface area contributed by atoms with Gasteiger partial charge in [-0.15, -0.1) is 0 Å². The van der Waals surface area contributed by atoms with E-state index >= 15 is 0 Å². The Bertz CT molecular complexity index is 647. The average molecular weight is 295 g/mol. The maximum Gasteiger partial charge on any atom is 0.338 e. The number of aryl methyl sites for hydroxylation is 2. The third-order valence-corrected chi connectivity index (χ3v) is 3.95. The lowest BCUT2D eigenvalue weighted by molar-refractivity contribution is 0.0691. The zero-order valence-corrected chi connectivity index (χ0v) is 11.9. The van der Waals surface area contributed by atoms with Gasteiger partial charge in [-0.1, -0.05) is 23.4 Å². The van der Waals surface area contributed by atoms with Crippen LogP contribution >= 0.6 is 23.4 Å². The molecule has 0 spiro atoms. The molecule has 0 saturated carbocycles. The second-order valence-corrected chi connectivity index (χ2v) is 5.41. The highest BCUT2D eigenvalue weighted by atomic mass is 35.5. The maximum atomic E-state index is 11.3. The van der Waals surface area contributed by atoms with Gasteiger partial charge in [-0.25, -0.2) is 9.78 Å². The highest BCUT2D eigenvalue weighted by molar-refractivity contribution is 7.99. The minimum Gasteiger partial charge on any atom is -0.478 e. The molecule has 6 heteroatoms. The van der Waals surface area contributed by atoms with Gasteiger partial charge in [0.2, 0.25) is 0 Å². The Kier molecular flexibility index (Phi) is 4.07. The molecule has 0 radical (unpaired) electrons. The molecule has 0 amide bonds. The van der Waals surface area contributed by atoms with E-state index in [2.05, 4.69) is 9.97 Å². The van der Waals surface area contributed by atoms with Crippen LogP contribution in [-0.4, -0.2) is 21.0 Å². The third-order valence-electron chi connectivity index (χ3n) is 2.47. The molecule has 2 aromatic rings. The van der Waals surface area contributed by atoms with Crippen LogP contribution in [0.5, 0.6) is 0 Å². The Labute approximate surface area is 119 Å². The number of aromatic carboxylic acids is 1. The molecule has 2 heterocycles. The van der Waals surface area contributed by atoms with Gasteiger partial charge in [-0.3, -0.25) is 4.98 Å². The standard InChI is InChI=1S/C13H11ClN2O2S/c1-7-5-8(2)16-12(11(7)13(17)18)19-10-3-4-15-6-9(10)14/h3-6H,1-2H3,(H,17,18). The van der Waals surface area contributed by atoms with Crippen molar-refractivity contribution in [2.75, 3.05) is 0 Å². The highest BCUT2D eigenvalue weighted by Crippen LogP contribution is 2.34. The first-order valence-corrected chi connectivity index (χ1v) is 6.67. The monoisotopic (exact) mass is 294 g/mol. The molecular formula is C13H11ClN2O2S. The molecule has 0 aromatic carbocycles. The number of carbonyl (C=O) groups is 1.